The molecule has 0 bridgehead atoms. The van der Waals surface area contributed by atoms with Gasteiger partial charge in [0.15, 0.2) is 0 Å². The molecule has 6 heteroatoms. The summed E-state index contributed by atoms with van der Waals surface area (Å²) in [6.45, 7) is 3.66. The number of hydrogen-bond donors (Lipinski definition) is 0. The predicted molar refractivity (Wildman–Crippen MR) is 80.4 cm³/mol. The van der Waals surface area contributed by atoms with E-state index in [0.717, 1.165) is 0 Å². The molecule has 0 amide bonds. The van der Waals surface area contributed by atoms with Crippen LogP contribution in [-0.4, -0.2) is 38.2 Å². The number of benzene rings is 1. The lowest BCUT2D eigenvalue weighted by Gasteiger charge is -2.15. The van der Waals surface area contributed by atoms with Gasteiger partial charge in [-0.15, -0.1) is 0 Å². The third kappa shape index (κ3) is 2.69. The average molecular weight is 320 g/mol. The molecule has 2 rings (SSSR count). The Hall–Kier alpha value is -2.37. The van der Waals surface area contributed by atoms with Crippen LogP contribution in [0.25, 0.3) is 0 Å². The Labute approximate surface area is 134 Å². The van der Waals surface area contributed by atoms with Gasteiger partial charge in [-0.1, -0.05) is 30.3 Å². The van der Waals surface area contributed by atoms with Gasteiger partial charge in [0, 0.05) is 0 Å². The van der Waals surface area contributed by atoms with Crippen molar-refractivity contribution in [3.8, 4) is 0 Å². The van der Waals surface area contributed by atoms with Crippen molar-refractivity contribution < 1.29 is 28.6 Å². The van der Waals surface area contributed by atoms with Crippen LogP contribution in [0.4, 0.5) is 0 Å². The molecule has 2 atom stereocenters. The molecule has 1 fully saturated rings. The molecule has 1 aliphatic rings. The van der Waals surface area contributed by atoms with E-state index in [9.17, 15) is 14.4 Å². The maximum absolute atomic E-state index is 12.5. The molecule has 0 radical (unpaired) electrons. The third-order valence-electron chi connectivity index (χ3n) is 4.06. The SMILES string of the molecule is CCOC(=O)[C@@H]1[C@@H](C(=O)OCC)C1(C(=O)OC)c1ccccc1. The molecular weight excluding hydrogens is 300 g/mol. The summed E-state index contributed by atoms with van der Waals surface area (Å²) >= 11 is 0. The number of carbonyl (C=O) groups is 3. The highest BCUT2D eigenvalue weighted by atomic mass is 16.5. The summed E-state index contributed by atoms with van der Waals surface area (Å²) in [5.41, 5.74) is -0.836. The first-order valence-corrected chi connectivity index (χ1v) is 7.52. The van der Waals surface area contributed by atoms with E-state index in [4.69, 9.17) is 14.2 Å². The zero-order valence-corrected chi connectivity index (χ0v) is 13.4. The number of esters is 3. The van der Waals surface area contributed by atoms with Crippen molar-refractivity contribution in [2.24, 2.45) is 11.8 Å². The fourth-order valence-electron chi connectivity index (χ4n) is 3.11. The fourth-order valence-corrected chi connectivity index (χ4v) is 3.11. The van der Waals surface area contributed by atoms with Gasteiger partial charge in [-0.3, -0.25) is 14.4 Å². The first-order valence-electron chi connectivity index (χ1n) is 7.52. The molecular formula is C17H20O6. The minimum Gasteiger partial charge on any atom is -0.468 e. The molecule has 1 aliphatic carbocycles. The van der Waals surface area contributed by atoms with E-state index < -0.39 is 35.2 Å². The van der Waals surface area contributed by atoms with Crippen LogP contribution in [0.1, 0.15) is 19.4 Å². The Bertz CT molecular complexity index is 570. The van der Waals surface area contributed by atoms with Crippen LogP contribution in [0, 0.1) is 11.8 Å². The highest BCUT2D eigenvalue weighted by Gasteiger charge is 2.79. The predicted octanol–water partition coefficient (Wildman–Crippen LogP) is 1.47. The molecule has 0 N–H and O–H groups in total. The maximum Gasteiger partial charge on any atom is 0.318 e. The number of rotatable bonds is 6. The van der Waals surface area contributed by atoms with Crippen molar-refractivity contribution in [2.45, 2.75) is 19.3 Å². The second-order valence-electron chi connectivity index (χ2n) is 5.19. The molecule has 1 aromatic carbocycles. The summed E-state index contributed by atoms with van der Waals surface area (Å²) in [4.78, 5) is 37.1. The molecule has 0 heterocycles. The van der Waals surface area contributed by atoms with Crippen molar-refractivity contribution in [1.29, 1.82) is 0 Å². The van der Waals surface area contributed by atoms with Crippen LogP contribution < -0.4 is 0 Å². The van der Waals surface area contributed by atoms with Crippen molar-refractivity contribution in [3.63, 3.8) is 0 Å². The Morgan fingerprint density at radius 3 is 1.83 bits per heavy atom. The zero-order valence-electron chi connectivity index (χ0n) is 13.4. The highest BCUT2D eigenvalue weighted by Crippen LogP contribution is 2.61. The van der Waals surface area contributed by atoms with Gasteiger partial charge in [-0.25, -0.2) is 0 Å². The zero-order chi connectivity index (χ0) is 17.0. The minimum atomic E-state index is -1.38. The normalized spacial score (nSPS) is 25.3. The summed E-state index contributed by atoms with van der Waals surface area (Å²) in [5, 5.41) is 0. The topological polar surface area (TPSA) is 78.9 Å². The lowest BCUT2D eigenvalue weighted by molar-refractivity contribution is -0.151. The molecule has 1 saturated carbocycles. The summed E-state index contributed by atoms with van der Waals surface area (Å²) in [6.07, 6.45) is 0. The second-order valence-corrected chi connectivity index (χ2v) is 5.19. The van der Waals surface area contributed by atoms with E-state index in [0.29, 0.717) is 5.56 Å². The molecule has 1 aromatic rings. The molecule has 0 aromatic heterocycles. The van der Waals surface area contributed by atoms with E-state index in [1.54, 1.807) is 44.2 Å². The van der Waals surface area contributed by atoms with Crippen molar-refractivity contribution >= 4 is 17.9 Å². The van der Waals surface area contributed by atoms with Gasteiger partial charge < -0.3 is 14.2 Å². The highest BCUT2D eigenvalue weighted by molar-refractivity contribution is 6.05. The third-order valence-corrected chi connectivity index (χ3v) is 4.06. The Kier molecular flexibility index (Phi) is 5.03. The Morgan fingerprint density at radius 2 is 1.43 bits per heavy atom. The van der Waals surface area contributed by atoms with Crippen LogP contribution >= 0.6 is 0 Å². The molecule has 0 spiro atoms. The van der Waals surface area contributed by atoms with Crippen LogP contribution in [0.15, 0.2) is 30.3 Å². The van der Waals surface area contributed by atoms with E-state index in [-0.39, 0.29) is 13.2 Å². The standard InChI is InChI=1S/C17H20O6/c1-4-22-14(18)12-13(15(19)23-5-2)17(12,16(20)21-3)11-9-7-6-8-10-11/h6-10,12-13H,4-5H2,1-3H3/t12-,13-/m0/s1. The minimum absolute atomic E-state index is 0.164. The number of methoxy groups -OCH3 is 1. The number of ether oxygens (including phenoxy) is 3. The molecule has 0 aliphatic heterocycles. The Morgan fingerprint density at radius 1 is 0.957 bits per heavy atom. The average Bonchev–Trinajstić information content (AvgIpc) is 3.27. The number of carbonyl (C=O) groups excluding carboxylic acids is 3. The van der Waals surface area contributed by atoms with E-state index in [1.807, 2.05) is 0 Å². The smallest absolute Gasteiger partial charge is 0.318 e. The summed E-state index contributed by atoms with van der Waals surface area (Å²) in [5.74, 6) is -3.70. The van der Waals surface area contributed by atoms with Gasteiger partial charge in [0.2, 0.25) is 0 Å². The quantitative estimate of drug-likeness (QED) is 0.583. The van der Waals surface area contributed by atoms with Crippen LogP contribution in [0.5, 0.6) is 0 Å². The van der Waals surface area contributed by atoms with Gasteiger partial charge in [-0.05, 0) is 19.4 Å². The van der Waals surface area contributed by atoms with Crippen molar-refractivity contribution in [3.05, 3.63) is 35.9 Å². The van der Waals surface area contributed by atoms with Crippen LogP contribution in [-0.2, 0) is 34.0 Å². The summed E-state index contributed by atoms with van der Waals surface area (Å²) < 4.78 is 15.0. The monoisotopic (exact) mass is 320 g/mol. The maximum atomic E-state index is 12.5. The van der Waals surface area contributed by atoms with E-state index >= 15 is 0 Å². The van der Waals surface area contributed by atoms with E-state index in [2.05, 4.69) is 0 Å². The molecule has 23 heavy (non-hydrogen) atoms. The number of hydrogen-bond acceptors (Lipinski definition) is 6. The summed E-state index contributed by atoms with van der Waals surface area (Å²) in [7, 11) is 1.23. The van der Waals surface area contributed by atoms with Gasteiger partial charge >= 0.3 is 17.9 Å². The van der Waals surface area contributed by atoms with Crippen LogP contribution in [0.2, 0.25) is 0 Å². The first-order chi connectivity index (χ1) is 11.0. The van der Waals surface area contributed by atoms with Crippen molar-refractivity contribution in [2.75, 3.05) is 20.3 Å². The van der Waals surface area contributed by atoms with E-state index in [1.165, 1.54) is 7.11 Å². The van der Waals surface area contributed by atoms with Gasteiger partial charge in [-0.2, -0.15) is 0 Å². The van der Waals surface area contributed by atoms with Gasteiger partial charge in [0.25, 0.3) is 0 Å². The van der Waals surface area contributed by atoms with Crippen molar-refractivity contribution in [1.82, 2.24) is 0 Å². The fraction of sp³-hybridized carbons (Fsp3) is 0.471. The molecule has 0 unspecified atom stereocenters. The summed E-state index contributed by atoms with van der Waals surface area (Å²) in [6, 6.07) is 8.66. The van der Waals surface area contributed by atoms with Gasteiger partial charge in [0.1, 0.15) is 5.41 Å². The first kappa shape index (κ1) is 17.0. The largest absolute Gasteiger partial charge is 0.468 e. The van der Waals surface area contributed by atoms with Gasteiger partial charge in [0.05, 0.1) is 32.2 Å². The van der Waals surface area contributed by atoms with Crippen LogP contribution in [0.3, 0.4) is 0 Å². The lowest BCUT2D eigenvalue weighted by atomic mass is 9.91. The Balaban J connectivity index is 2.51. The molecule has 0 saturated heterocycles. The molecule has 6 nitrogen and oxygen atoms in total. The molecule has 124 valence electrons. The second kappa shape index (κ2) is 6.81. The lowest BCUT2D eigenvalue weighted by Crippen LogP contribution is -2.29.